The molecule has 2 atom stereocenters. The highest BCUT2D eigenvalue weighted by Crippen LogP contribution is 2.41. The Hall–Kier alpha value is -2.38. The summed E-state index contributed by atoms with van der Waals surface area (Å²) in [5, 5.41) is 24.9. The molecule has 2 aromatic heterocycles. The van der Waals surface area contributed by atoms with Gasteiger partial charge in [0.2, 0.25) is 0 Å². The van der Waals surface area contributed by atoms with Crippen LogP contribution in [0, 0.1) is 13.8 Å². The first-order chi connectivity index (χ1) is 14.3. The Labute approximate surface area is 184 Å². The van der Waals surface area contributed by atoms with Crippen molar-refractivity contribution >= 4 is 52.6 Å². The van der Waals surface area contributed by atoms with Crippen molar-refractivity contribution in [2.45, 2.75) is 29.6 Å². The first-order valence-electron chi connectivity index (χ1n) is 8.90. The van der Waals surface area contributed by atoms with Crippen LogP contribution in [-0.4, -0.2) is 70.7 Å². The number of hydrogen-bond donors (Lipinski definition) is 2. The number of carbonyl (C=O) groups excluding carboxylic acids is 2. The first kappa shape index (κ1) is 20.9. The summed E-state index contributed by atoms with van der Waals surface area (Å²) >= 11 is 4.29. The summed E-state index contributed by atoms with van der Waals surface area (Å²) in [5.41, 5.74) is 1.73. The van der Waals surface area contributed by atoms with Gasteiger partial charge >= 0.3 is 5.97 Å². The van der Waals surface area contributed by atoms with Gasteiger partial charge in [0, 0.05) is 24.2 Å². The van der Waals surface area contributed by atoms with Crippen molar-refractivity contribution in [2.24, 2.45) is 7.05 Å². The number of β-lactam (4-membered cyclic amide) rings is 1. The number of carboxylic acid groups (broad SMARTS) is 1. The molecule has 0 bridgehead atoms. The van der Waals surface area contributed by atoms with E-state index in [1.807, 2.05) is 6.92 Å². The van der Waals surface area contributed by atoms with E-state index in [1.165, 1.54) is 46.0 Å². The van der Waals surface area contributed by atoms with Gasteiger partial charge in [0.05, 0.1) is 11.8 Å². The Morgan fingerprint density at radius 1 is 1.37 bits per heavy atom. The third-order valence-corrected chi connectivity index (χ3v) is 8.29. The summed E-state index contributed by atoms with van der Waals surface area (Å²) in [6.45, 7) is 3.62. The van der Waals surface area contributed by atoms with E-state index >= 15 is 0 Å². The van der Waals surface area contributed by atoms with Gasteiger partial charge in [-0.2, -0.15) is 5.10 Å². The van der Waals surface area contributed by atoms with Crippen LogP contribution < -0.4 is 5.32 Å². The number of nitrogens with one attached hydrogen (secondary N) is 1. The molecule has 30 heavy (non-hydrogen) atoms. The second-order valence-electron chi connectivity index (χ2n) is 6.76. The van der Waals surface area contributed by atoms with E-state index in [4.69, 9.17) is 0 Å². The van der Waals surface area contributed by atoms with Crippen LogP contribution in [0.15, 0.2) is 21.8 Å². The number of hydrogen-bond acceptors (Lipinski definition) is 9. The molecular formula is C17H18N6O4S3. The van der Waals surface area contributed by atoms with Gasteiger partial charge in [-0.25, -0.2) is 4.79 Å². The monoisotopic (exact) mass is 466 g/mol. The fourth-order valence-corrected chi connectivity index (χ4v) is 6.52. The average Bonchev–Trinajstić information content (AvgIpc) is 3.28. The summed E-state index contributed by atoms with van der Waals surface area (Å²) in [5.74, 6) is -1.10. The Bertz CT molecular complexity index is 1080. The van der Waals surface area contributed by atoms with Crippen LogP contribution in [0.5, 0.6) is 0 Å². The van der Waals surface area contributed by atoms with Gasteiger partial charge < -0.3 is 10.4 Å². The number of carboxylic acids is 1. The molecule has 0 saturated carbocycles. The van der Waals surface area contributed by atoms with E-state index < -0.39 is 29.2 Å². The predicted octanol–water partition coefficient (Wildman–Crippen LogP) is 1.03. The summed E-state index contributed by atoms with van der Waals surface area (Å²) < 4.78 is 2.33. The van der Waals surface area contributed by atoms with Crippen molar-refractivity contribution < 1.29 is 19.5 Å². The zero-order valence-corrected chi connectivity index (χ0v) is 18.7. The van der Waals surface area contributed by atoms with Crippen LogP contribution in [0.3, 0.4) is 0 Å². The molecule has 0 unspecified atom stereocenters. The van der Waals surface area contributed by atoms with Crippen molar-refractivity contribution in [3.63, 3.8) is 0 Å². The van der Waals surface area contributed by atoms with Crippen LogP contribution in [-0.2, 0) is 16.6 Å². The Balaban J connectivity index is 1.49. The maximum atomic E-state index is 12.7. The Kier molecular flexibility index (Phi) is 5.59. The van der Waals surface area contributed by atoms with Gasteiger partial charge in [-0.15, -0.1) is 22.0 Å². The van der Waals surface area contributed by atoms with Crippen LogP contribution in [0.1, 0.15) is 21.1 Å². The number of aliphatic carboxylic acids is 1. The molecule has 4 heterocycles. The molecule has 2 aliphatic rings. The van der Waals surface area contributed by atoms with Crippen LogP contribution in [0.2, 0.25) is 0 Å². The van der Waals surface area contributed by atoms with Crippen molar-refractivity contribution in [3.8, 4) is 0 Å². The summed E-state index contributed by atoms with van der Waals surface area (Å²) in [4.78, 5) is 38.5. The lowest BCUT2D eigenvalue weighted by atomic mass is 10.0. The minimum atomic E-state index is -1.15. The number of carbonyl (C=O) groups is 3. The molecule has 2 aliphatic heterocycles. The molecule has 0 spiro atoms. The number of aryl methyl sites for hydroxylation is 2. The second-order valence-corrected chi connectivity index (χ2v) is 10.3. The quantitative estimate of drug-likeness (QED) is 0.473. The third-order valence-electron chi connectivity index (χ3n) is 4.89. The largest absolute Gasteiger partial charge is 0.477 e. The highest BCUT2D eigenvalue weighted by Gasteiger charge is 2.54. The fourth-order valence-electron chi connectivity index (χ4n) is 3.22. The van der Waals surface area contributed by atoms with Crippen LogP contribution in [0.4, 0.5) is 0 Å². The zero-order valence-electron chi connectivity index (χ0n) is 16.3. The van der Waals surface area contributed by atoms with E-state index in [0.29, 0.717) is 28.3 Å². The summed E-state index contributed by atoms with van der Waals surface area (Å²) in [7, 11) is 1.73. The molecule has 158 valence electrons. The lowest BCUT2D eigenvalue weighted by Gasteiger charge is -2.49. The van der Waals surface area contributed by atoms with Gasteiger partial charge in [-0.3, -0.25) is 19.2 Å². The number of amides is 2. The van der Waals surface area contributed by atoms with Crippen LogP contribution >= 0.6 is 34.9 Å². The maximum absolute atomic E-state index is 12.7. The standard InChI is InChI=1S/C17H18N6O4S3/c1-7-10(4-18-22(7)3)13(24)19-11-14(25)23-12(16(26)27)9(5-28-15(11)23)6-29-17-21-20-8(2)30-17/h4,11,15H,5-6H2,1-3H3,(H,19,24)(H,26,27)/t11-,15-/m0/s1. The average molecular weight is 467 g/mol. The SMILES string of the molecule is Cc1nnc(SCC2=C(C(=O)O)N3C(=O)[C@H](NC(=O)c4cnn(C)c4C)[C@@H]3SC2)s1. The normalized spacial score (nSPS) is 20.8. The minimum absolute atomic E-state index is 0.000504. The van der Waals surface area contributed by atoms with Gasteiger partial charge in [0.25, 0.3) is 11.8 Å². The van der Waals surface area contributed by atoms with E-state index in [-0.39, 0.29) is 5.70 Å². The summed E-state index contributed by atoms with van der Waals surface area (Å²) in [6.07, 6.45) is 1.45. The molecule has 2 amide bonds. The van der Waals surface area contributed by atoms with E-state index in [0.717, 1.165) is 9.35 Å². The van der Waals surface area contributed by atoms with Gasteiger partial charge in [0.15, 0.2) is 4.34 Å². The molecule has 13 heteroatoms. The number of rotatable bonds is 6. The fraction of sp³-hybridized carbons (Fsp3) is 0.412. The molecule has 2 N–H and O–H groups in total. The van der Waals surface area contributed by atoms with Crippen molar-refractivity contribution in [1.82, 2.24) is 30.2 Å². The number of fused-ring (bicyclic) bond motifs is 1. The number of thioether (sulfide) groups is 2. The molecule has 1 saturated heterocycles. The van der Waals surface area contributed by atoms with E-state index in [9.17, 15) is 19.5 Å². The van der Waals surface area contributed by atoms with E-state index in [2.05, 4.69) is 20.6 Å². The van der Waals surface area contributed by atoms with Crippen molar-refractivity contribution in [1.29, 1.82) is 0 Å². The smallest absolute Gasteiger partial charge is 0.352 e. The lowest BCUT2D eigenvalue weighted by molar-refractivity contribution is -0.148. The highest BCUT2D eigenvalue weighted by molar-refractivity contribution is 8.01. The predicted molar refractivity (Wildman–Crippen MR) is 112 cm³/mol. The maximum Gasteiger partial charge on any atom is 0.352 e. The second kappa shape index (κ2) is 8.04. The van der Waals surface area contributed by atoms with E-state index in [1.54, 1.807) is 18.7 Å². The number of nitrogens with zero attached hydrogens (tertiary/aromatic N) is 5. The molecule has 10 nitrogen and oxygen atoms in total. The minimum Gasteiger partial charge on any atom is -0.477 e. The molecular weight excluding hydrogens is 448 g/mol. The first-order valence-corrected chi connectivity index (χ1v) is 11.8. The van der Waals surface area contributed by atoms with Gasteiger partial charge in [-0.1, -0.05) is 23.1 Å². The molecule has 0 radical (unpaired) electrons. The molecule has 2 aromatic rings. The van der Waals surface area contributed by atoms with Crippen molar-refractivity contribution in [2.75, 3.05) is 11.5 Å². The summed E-state index contributed by atoms with van der Waals surface area (Å²) in [6, 6.07) is -0.767. The third kappa shape index (κ3) is 3.61. The Morgan fingerprint density at radius 3 is 2.73 bits per heavy atom. The molecule has 1 fully saturated rings. The lowest BCUT2D eigenvalue weighted by Crippen LogP contribution is -2.70. The number of aromatic nitrogens is 4. The van der Waals surface area contributed by atoms with Gasteiger partial charge in [0.1, 0.15) is 22.1 Å². The molecule has 0 aliphatic carbocycles. The van der Waals surface area contributed by atoms with Gasteiger partial charge in [-0.05, 0) is 19.4 Å². The van der Waals surface area contributed by atoms with Crippen molar-refractivity contribution in [3.05, 3.63) is 33.7 Å². The topological polar surface area (TPSA) is 130 Å². The molecule has 4 rings (SSSR count). The Morgan fingerprint density at radius 2 is 2.13 bits per heavy atom. The zero-order chi connectivity index (χ0) is 21.6. The highest BCUT2D eigenvalue weighted by atomic mass is 32.2. The molecule has 0 aromatic carbocycles. The van der Waals surface area contributed by atoms with Crippen LogP contribution in [0.25, 0.3) is 0 Å².